The molecule has 8 heteroatoms. The number of oxime groups is 1. The van der Waals surface area contributed by atoms with E-state index in [2.05, 4.69) is 5.16 Å². The lowest BCUT2D eigenvalue weighted by atomic mass is 10.0. The van der Waals surface area contributed by atoms with Crippen molar-refractivity contribution in [3.8, 4) is 0 Å². The number of hydrogen-bond donors (Lipinski definition) is 2. The quantitative estimate of drug-likeness (QED) is 0.379. The van der Waals surface area contributed by atoms with Gasteiger partial charge in [-0.3, -0.25) is 0 Å². The molecule has 0 aromatic heterocycles. The third-order valence-corrected chi connectivity index (χ3v) is 3.28. The van der Waals surface area contributed by atoms with Crippen LogP contribution in [0.3, 0.4) is 0 Å². The molecule has 0 unspecified atom stereocenters. The molecule has 116 valence electrons. The molecule has 1 aliphatic rings. The van der Waals surface area contributed by atoms with E-state index in [4.69, 9.17) is 15.7 Å². The molecule has 3 N–H and O–H groups in total. The summed E-state index contributed by atoms with van der Waals surface area (Å²) in [6.07, 6.45) is -3.77. The highest BCUT2D eigenvalue weighted by Crippen LogP contribution is 2.34. The lowest BCUT2D eigenvalue weighted by Crippen LogP contribution is -2.27. The molecule has 1 saturated heterocycles. The van der Waals surface area contributed by atoms with Crippen molar-refractivity contribution in [2.24, 2.45) is 10.9 Å². The fraction of sp³-hybridized carbons (Fsp3) is 0.462. The largest absolute Gasteiger partial charge is 0.417 e. The third kappa shape index (κ3) is 3.57. The Morgan fingerprint density at radius 2 is 2.05 bits per heavy atom. The van der Waals surface area contributed by atoms with Gasteiger partial charge in [0, 0.05) is 30.9 Å². The van der Waals surface area contributed by atoms with E-state index in [1.807, 2.05) is 4.90 Å². The van der Waals surface area contributed by atoms with Gasteiger partial charge in [-0.25, -0.2) is 0 Å². The Hall–Kier alpha value is -1.96. The second kappa shape index (κ2) is 6.21. The number of halogens is 3. The average molecular weight is 303 g/mol. The van der Waals surface area contributed by atoms with Crippen molar-refractivity contribution in [1.82, 2.24) is 0 Å². The lowest BCUT2D eigenvalue weighted by molar-refractivity contribution is -0.137. The molecule has 0 radical (unpaired) electrons. The third-order valence-electron chi connectivity index (χ3n) is 3.28. The second-order valence-electron chi connectivity index (χ2n) is 4.67. The first kappa shape index (κ1) is 15.4. The standard InChI is InChI=1S/C13H16F3N3O2/c14-13(15,16)11-3-2-9(8-10(11)12(17)18-20)19-4-1-6-21-7-5-19/h2-3,8,20H,1,4-7H2,(H2,17,18). The first-order valence-corrected chi connectivity index (χ1v) is 6.45. The number of ether oxygens (including phenoxy) is 1. The van der Waals surface area contributed by atoms with Crippen LogP contribution in [-0.4, -0.2) is 37.3 Å². The highest BCUT2D eigenvalue weighted by Gasteiger charge is 2.34. The van der Waals surface area contributed by atoms with E-state index in [1.54, 1.807) is 0 Å². The minimum Gasteiger partial charge on any atom is -0.409 e. The number of rotatable bonds is 2. The predicted molar refractivity (Wildman–Crippen MR) is 71.6 cm³/mol. The van der Waals surface area contributed by atoms with Crippen molar-refractivity contribution in [1.29, 1.82) is 0 Å². The maximum absolute atomic E-state index is 13.0. The van der Waals surface area contributed by atoms with Gasteiger partial charge in [-0.15, -0.1) is 0 Å². The smallest absolute Gasteiger partial charge is 0.409 e. The summed E-state index contributed by atoms with van der Waals surface area (Å²) in [6, 6.07) is 3.64. The van der Waals surface area contributed by atoms with Gasteiger partial charge in [0.05, 0.1) is 12.2 Å². The molecule has 1 aromatic rings. The molecular formula is C13H16F3N3O2. The lowest BCUT2D eigenvalue weighted by Gasteiger charge is -2.23. The van der Waals surface area contributed by atoms with Crippen LogP contribution in [0.5, 0.6) is 0 Å². The Labute approximate surface area is 119 Å². The molecule has 0 amide bonds. The number of hydrogen-bond acceptors (Lipinski definition) is 4. The number of nitrogens with zero attached hydrogens (tertiary/aromatic N) is 2. The molecule has 0 bridgehead atoms. The molecule has 1 fully saturated rings. The van der Waals surface area contributed by atoms with E-state index in [9.17, 15) is 13.2 Å². The van der Waals surface area contributed by atoms with Crippen LogP contribution in [-0.2, 0) is 10.9 Å². The van der Waals surface area contributed by atoms with E-state index in [1.165, 1.54) is 12.1 Å². The van der Waals surface area contributed by atoms with Crippen LogP contribution in [0, 0.1) is 0 Å². The second-order valence-corrected chi connectivity index (χ2v) is 4.67. The Morgan fingerprint density at radius 1 is 1.29 bits per heavy atom. The van der Waals surface area contributed by atoms with Gasteiger partial charge in [-0.1, -0.05) is 5.16 Å². The molecule has 0 spiro atoms. The summed E-state index contributed by atoms with van der Waals surface area (Å²) < 4.78 is 44.2. The van der Waals surface area contributed by atoms with Crippen molar-refractivity contribution in [3.63, 3.8) is 0 Å². The molecule has 5 nitrogen and oxygen atoms in total. The van der Waals surface area contributed by atoms with Crippen molar-refractivity contribution in [3.05, 3.63) is 29.3 Å². The van der Waals surface area contributed by atoms with E-state index in [-0.39, 0.29) is 5.56 Å². The maximum Gasteiger partial charge on any atom is 0.417 e. The summed E-state index contributed by atoms with van der Waals surface area (Å²) in [7, 11) is 0. The Morgan fingerprint density at radius 3 is 2.71 bits per heavy atom. The first-order valence-electron chi connectivity index (χ1n) is 6.45. The van der Waals surface area contributed by atoms with E-state index in [0.717, 1.165) is 12.5 Å². The Kier molecular flexibility index (Phi) is 4.56. The summed E-state index contributed by atoms with van der Waals surface area (Å²) in [4.78, 5) is 1.92. The first-order chi connectivity index (χ1) is 9.93. The highest BCUT2D eigenvalue weighted by molar-refractivity contribution is 5.99. The summed E-state index contributed by atoms with van der Waals surface area (Å²) in [5.74, 6) is -0.560. The van der Waals surface area contributed by atoms with Gasteiger partial charge in [0.1, 0.15) is 0 Å². The normalized spacial score (nSPS) is 17.7. The molecule has 0 aliphatic carbocycles. The van der Waals surface area contributed by atoms with Gasteiger partial charge in [0.25, 0.3) is 0 Å². The Bertz CT molecular complexity index is 524. The molecule has 1 aliphatic heterocycles. The zero-order chi connectivity index (χ0) is 15.5. The number of anilines is 1. The van der Waals surface area contributed by atoms with E-state index < -0.39 is 17.6 Å². The molecule has 1 aromatic carbocycles. The monoisotopic (exact) mass is 303 g/mol. The van der Waals surface area contributed by atoms with Crippen LogP contribution in [0.25, 0.3) is 0 Å². The molecule has 0 atom stereocenters. The van der Waals surface area contributed by atoms with Crippen molar-refractivity contribution < 1.29 is 23.1 Å². The van der Waals surface area contributed by atoms with E-state index in [0.29, 0.717) is 32.0 Å². The zero-order valence-corrected chi connectivity index (χ0v) is 11.2. The summed E-state index contributed by atoms with van der Waals surface area (Å²) >= 11 is 0. The molecule has 0 saturated carbocycles. The van der Waals surface area contributed by atoms with Gasteiger partial charge < -0.3 is 20.6 Å². The van der Waals surface area contributed by atoms with Crippen LogP contribution in [0.15, 0.2) is 23.4 Å². The molecule has 2 rings (SSSR count). The van der Waals surface area contributed by atoms with Gasteiger partial charge in [-0.05, 0) is 24.6 Å². The molecule has 21 heavy (non-hydrogen) atoms. The van der Waals surface area contributed by atoms with Crippen molar-refractivity contribution in [2.45, 2.75) is 12.6 Å². The van der Waals surface area contributed by atoms with Gasteiger partial charge in [0.15, 0.2) is 5.84 Å². The van der Waals surface area contributed by atoms with Gasteiger partial charge >= 0.3 is 6.18 Å². The van der Waals surface area contributed by atoms with Crippen LogP contribution < -0.4 is 10.6 Å². The summed E-state index contributed by atoms with van der Waals surface area (Å²) in [5, 5.41) is 11.4. The minimum absolute atomic E-state index is 0.326. The van der Waals surface area contributed by atoms with Crippen LogP contribution in [0.1, 0.15) is 17.5 Å². The topological polar surface area (TPSA) is 71.1 Å². The number of alkyl halides is 3. The fourth-order valence-electron chi connectivity index (χ4n) is 2.25. The SMILES string of the molecule is N/C(=N/O)c1cc(N2CCCOCC2)ccc1C(F)(F)F. The average Bonchev–Trinajstić information content (AvgIpc) is 2.74. The fourth-order valence-corrected chi connectivity index (χ4v) is 2.25. The van der Waals surface area contributed by atoms with Crippen LogP contribution in [0.2, 0.25) is 0 Å². The number of amidine groups is 1. The summed E-state index contributed by atoms with van der Waals surface area (Å²) in [6.45, 7) is 2.41. The molecular weight excluding hydrogens is 287 g/mol. The molecule has 1 heterocycles. The Balaban J connectivity index is 2.41. The predicted octanol–water partition coefficient (Wildman–Crippen LogP) is 2.03. The zero-order valence-electron chi connectivity index (χ0n) is 11.2. The van der Waals surface area contributed by atoms with Crippen molar-refractivity contribution in [2.75, 3.05) is 31.2 Å². The summed E-state index contributed by atoms with van der Waals surface area (Å²) in [5.41, 5.74) is 4.72. The maximum atomic E-state index is 13.0. The van der Waals surface area contributed by atoms with Crippen LogP contribution >= 0.6 is 0 Å². The van der Waals surface area contributed by atoms with Gasteiger partial charge in [-0.2, -0.15) is 13.2 Å². The van der Waals surface area contributed by atoms with Crippen LogP contribution in [0.4, 0.5) is 18.9 Å². The number of nitrogens with two attached hydrogens (primary N) is 1. The number of benzene rings is 1. The van der Waals surface area contributed by atoms with Gasteiger partial charge in [0.2, 0.25) is 0 Å². The van der Waals surface area contributed by atoms with Crippen molar-refractivity contribution >= 4 is 11.5 Å². The van der Waals surface area contributed by atoms with E-state index >= 15 is 0 Å². The highest BCUT2D eigenvalue weighted by atomic mass is 19.4. The minimum atomic E-state index is -4.56.